The summed E-state index contributed by atoms with van der Waals surface area (Å²) in [5.74, 6) is -1.17. The van der Waals surface area contributed by atoms with Gasteiger partial charge in [-0.25, -0.2) is 0 Å². The molecule has 0 aliphatic carbocycles. The van der Waals surface area contributed by atoms with Gasteiger partial charge in [0.1, 0.15) is 18.1 Å². The van der Waals surface area contributed by atoms with Crippen molar-refractivity contribution in [3.05, 3.63) is 0 Å². The lowest BCUT2D eigenvalue weighted by Crippen LogP contribution is -2.32. The van der Waals surface area contributed by atoms with Crippen molar-refractivity contribution >= 4 is 8.03 Å². The molecule has 2 saturated heterocycles. The van der Waals surface area contributed by atoms with E-state index < -0.39 is 26.0 Å². The van der Waals surface area contributed by atoms with E-state index in [1.807, 2.05) is 20.8 Å². The van der Waals surface area contributed by atoms with Gasteiger partial charge in [0.05, 0.1) is 12.7 Å². The Balaban J connectivity index is 2.02. The first kappa shape index (κ1) is 20.3. The Morgan fingerprint density at radius 2 is 1.92 bits per heavy atom. The summed E-state index contributed by atoms with van der Waals surface area (Å²) in [5, 5.41) is 0. The smallest absolute Gasteiger partial charge is 0.219 e. The summed E-state index contributed by atoms with van der Waals surface area (Å²) in [4.78, 5) is 0. The highest BCUT2D eigenvalue weighted by Crippen LogP contribution is 2.43. The Kier molecular flexibility index (Phi) is 7.68. The van der Waals surface area contributed by atoms with E-state index >= 15 is 0 Å². The summed E-state index contributed by atoms with van der Waals surface area (Å²) in [7, 11) is -0.736. The Morgan fingerprint density at radius 3 is 2.54 bits per heavy atom. The fourth-order valence-electron chi connectivity index (χ4n) is 3.07. The molecule has 0 radical (unpaired) electrons. The van der Waals surface area contributed by atoms with Crippen LogP contribution in [0.5, 0.6) is 0 Å². The van der Waals surface area contributed by atoms with Crippen molar-refractivity contribution < 1.29 is 32.8 Å². The van der Waals surface area contributed by atoms with Gasteiger partial charge < -0.3 is 28.2 Å². The molecule has 2 heterocycles. The molecule has 0 aromatic carbocycles. The fourth-order valence-corrected chi connectivity index (χ4v) is 4.22. The van der Waals surface area contributed by atoms with Crippen molar-refractivity contribution in [3.8, 4) is 0 Å². The van der Waals surface area contributed by atoms with Crippen molar-refractivity contribution in [2.75, 3.05) is 20.3 Å². The minimum absolute atomic E-state index is 0.265. The van der Waals surface area contributed by atoms with Gasteiger partial charge in [0.2, 0.25) is 8.03 Å². The zero-order valence-corrected chi connectivity index (χ0v) is 16.3. The highest BCUT2D eigenvalue weighted by atomic mass is 31.1. The molecule has 7 nitrogen and oxygen atoms in total. The van der Waals surface area contributed by atoms with Crippen LogP contribution in [-0.2, 0) is 32.8 Å². The normalized spacial score (nSPS) is 34.2. The number of hydrogen-bond acceptors (Lipinski definition) is 7. The monoisotopic (exact) mass is 366 g/mol. The topological polar surface area (TPSA) is 72.5 Å². The zero-order chi connectivity index (χ0) is 17.7. The molecule has 0 aromatic heterocycles. The molecule has 0 bridgehead atoms. The predicted octanol–water partition coefficient (Wildman–Crippen LogP) is 2.92. The number of hydrogen-bond donors (Lipinski definition) is 0. The van der Waals surface area contributed by atoms with Crippen molar-refractivity contribution in [1.29, 1.82) is 0 Å². The maximum absolute atomic E-state index is 12.4. The van der Waals surface area contributed by atoms with Gasteiger partial charge >= 0.3 is 0 Å². The third-order valence-corrected chi connectivity index (χ3v) is 5.65. The summed E-state index contributed by atoms with van der Waals surface area (Å²) < 4.78 is 46.6. The second-order valence-corrected chi connectivity index (χ2v) is 8.11. The first-order valence-corrected chi connectivity index (χ1v) is 10.1. The zero-order valence-electron chi connectivity index (χ0n) is 15.3. The summed E-state index contributed by atoms with van der Waals surface area (Å²) in [6, 6.07) is 0. The van der Waals surface area contributed by atoms with Crippen LogP contribution in [0.4, 0.5) is 0 Å². The van der Waals surface area contributed by atoms with Gasteiger partial charge in [0, 0.05) is 20.1 Å². The average Bonchev–Trinajstić information content (AvgIpc) is 3.00. The van der Waals surface area contributed by atoms with Gasteiger partial charge in [0.25, 0.3) is 0 Å². The van der Waals surface area contributed by atoms with Gasteiger partial charge in [0.15, 0.2) is 12.1 Å². The van der Waals surface area contributed by atoms with Gasteiger partial charge in [-0.3, -0.25) is 4.57 Å². The molecule has 2 aliphatic heterocycles. The molecular weight excluding hydrogens is 335 g/mol. The Bertz CT molecular complexity index is 417. The lowest BCUT2D eigenvalue weighted by Gasteiger charge is -2.26. The van der Waals surface area contributed by atoms with Crippen LogP contribution in [0, 0.1) is 0 Å². The number of ether oxygens (including phenoxy) is 5. The lowest BCUT2D eigenvalue weighted by atomic mass is 10.1. The molecule has 0 N–H and O–H groups in total. The molecule has 2 unspecified atom stereocenters. The molecule has 8 heteroatoms. The molecule has 0 saturated carbocycles. The van der Waals surface area contributed by atoms with Gasteiger partial charge in [-0.05, 0) is 27.2 Å². The van der Waals surface area contributed by atoms with Crippen LogP contribution < -0.4 is 0 Å². The quantitative estimate of drug-likeness (QED) is 0.435. The van der Waals surface area contributed by atoms with Crippen LogP contribution in [0.15, 0.2) is 0 Å². The van der Waals surface area contributed by atoms with E-state index in [0.717, 1.165) is 12.8 Å². The number of fused-ring (bicyclic) bond motifs is 1. The standard InChI is InChI=1S/C16H31O7P/c1-6-8-9-19-12(24(17)20-7-2)10-11-13-14(15(18-5)21-11)23-16(3,4)22-13/h11-15,24H,6-10H2,1-5H3/t11-,12?,13-,14-,15-/m1/s1. The maximum atomic E-state index is 12.4. The summed E-state index contributed by atoms with van der Waals surface area (Å²) in [5.41, 5.74) is 0. The molecule has 24 heavy (non-hydrogen) atoms. The lowest BCUT2D eigenvalue weighted by molar-refractivity contribution is -0.229. The number of methoxy groups -OCH3 is 1. The number of rotatable bonds is 10. The van der Waals surface area contributed by atoms with Gasteiger partial charge in [-0.15, -0.1) is 0 Å². The second kappa shape index (κ2) is 9.08. The summed E-state index contributed by atoms with van der Waals surface area (Å²) in [6.45, 7) is 8.61. The molecule has 0 aromatic rings. The van der Waals surface area contributed by atoms with Gasteiger partial charge in [-0.1, -0.05) is 13.3 Å². The van der Waals surface area contributed by atoms with E-state index in [1.165, 1.54) is 0 Å². The van der Waals surface area contributed by atoms with Crippen LogP contribution in [0.3, 0.4) is 0 Å². The molecule has 2 fully saturated rings. The largest absolute Gasteiger partial charge is 0.368 e. The van der Waals surface area contributed by atoms with Crippen LogP contribution in [-0.4, -0.2) is 56.6 Å². The summed E-state index contributed by atoms with van der Waals surface area (Å²) >= 11 is 0. The van der Waals surface area contributed by atoms with E-state index in [4.69, 9.17) is 28.2 Å². The minimum atomic E-state index is -2.32. The summed E-state index contributed by atoms with van der Waals surface area (Å²) in [6.07, 6.45) is 1.02. The SMILES string of the molecule is CCCCOC(C[C@H]1O[C@@H](OC)[C@@H]2OC(C)(C)O[C@@H]21)[PH](=O)OCC. The highest BCUT2D eigenvalue weighted by molar-refractivity contribution is 7.39. The maximum Gasteiger partial charge on any atom is 0.219 e. The van der Waals surface area contributed by atoms with Crippen LogP contribution >= 0.6 is 8.03 Å². The molecule has 0 spiro atoms. The van der Waals surface area contributed by atoms with Crippen LogP contribution in [0.2, 0.25) is 0 Å². The third kappa shape index (κ3) is 5.01. The second-order valence-electron chi connectivity index (χ2n) is 6.54. The first-order valence-electron chi connectivity index (χ1n) is 8.74. The van der Waals surface area contributed by atoms with E-state index in [2.05, 4.69) is 6.92 Å². The van der Waals surface area contributed by atoms with Gasteiger partial charge in [-0.2, -0.15) is 0 Å². The van der Waals surface area contributed by atoms with E-state index in [9.17, 15) is 4.57 Å². The molecule has 0 amide bonds. The first-order chi connectivity index (χ1) is 11.4. The van der Waals surface area contributed by atoms with Crippen molar-refractivity contribution in [2.45, 2.75) is 83.2 Å². The molecule has 6 atom stereocenters. The Morgan fingerprint density at radius 1 is 1.21 bits per heavy atom. The Labute approximate surface area is 145 Å². The van der Waals surface area contributed by atoms with Crippen molar-refractivity contribution in [2.24, 2.45) is 0 Å². The van der Waals surface area contributed by atoms with E-state index in [1.54, 1.807) is 7.11 Å². The fraction of sp³-hybridized carbons (Fsp3) is 1.00. The number of unbranched alkanes of at least 4 members (excludes halogenated alkanes) is 1. The highest BCUT2D eigenvalue weighted by Gasteiger charge is 2.56. The van der Waals surface area contributed by atoms with Crippen molar-refractivity contribution in [3.63, 3.8) is 0 Å². The van der Waals surface area contributed by atoms with Crippen molar-refractivity contribution in [1.82, 2.24) is 0 Å². The predicted molar refractivity (Wildman–Crippen MR) is 89.4 cm³/mol. The molecule has 2 aliphatic rings. The Hall–Kier alpha value is -0.0100. The van der Waals surface area contributed by atoms with E-state index in [-0.39, 0.29) is 18.3 Å². The van der Waals surface area contributed by atoms with Crippen LogP contribution in [0.25, 0.3) is 0 Å². The average molecular weight is 366 g/mol. The van der Waals surface area contributed by atoms with E-state index in [0.29, 0.717) is 19.6 Å². The minimum Gasteiger partial charge on any atom is -0.368 e. The van der Waals surface area contributed by atoms with Crippen LogP contribution in [0.1, 0.15) is 47.0 Å². The molecule has 2 rings (SSSR count). The molecule has 142 valence electrons. The third-order valence-electron chi connectivity index (χ3n) is 4.15. The molecular formula is C16H31O7P.